The van der Waals surface area contributed by atoms with E-state index < -0.39 is 0 Å². The van der Waals surface area contributed by atoms with E-state index in [-0.39, 0.29) is 11.3 Å². The Kier molecular flexibility index (Phi) is 6.57. The predicted octanol–water partition coefficient (Wildman–Crippen LogP) is 2.47. The zero-order valence-electron chi connectivity index (χ0n) is 12.3. The minimum Gasteiger partial charge on any atom is -0.355 e. The first-order valence-electron chi connectivity index (χ1n) is 7.09. The van der Waals surface area contributed by atoms with Gasteiger partial charge in [-0.15, -0.1) is 0 Å². The zero-order valence-corrected chi connectivity index (χ0v) is 12.3. The molecule has 1 aromatic rings. The average molecular weight is 262 g/mol. The maximum absolute atomic E-state index is 11.6. The van der Waals surface area contributed by atoms with E-state index in [1.54, 1.807) is 0 Å². The Morgan fingerprint density at radius 3 is 2.53 bits per heavy atom. The minimum atomic E-state index is 0.0327. The molecule has 0 bridgehead atoms. The van der Waals surface area contributed by atoms with Gasteiger partial charge in [-0.2, -0.15) is 0 Å². The lowest BCUT2D eigenvalue weighted by Gasteiger charge is -2.25. The van der Waals surface area contributed by atoms with Crippen molar-refractivity contribution in [3.8, 4) is 0 Å². The second-order valence-electron chi connectivity index (χ2n) is 5.56. The summed E-state index contributed by atoms with van der Waals surface area (Å²) in [6.07, 6.45) is 2.15. The quantitative estimate of drug-likeness (QED) is 0.707. The summed E-state index contributed by atoms with van der Waals surface area (Å²) >= 11 is 0. The van der Waals surface area contributed by atoms with Gasteiger partial charge in [0.25, 0.3) is 0 Å². The number of amides is 1. The third-order valence-electron chi connectivity index (χ3n) is 3.26. The van der Waals surface area contributed by atoms with Crippen molar-refractivity contribution >= 4 is 5.91 Å². The maximum atomic E-state index is 11.6. The molecule has 0 aliphatic carbocycles. The summed E-state index contributed by atoms with van der Waals surface area (Å²) in [5.74, 6) is 0.0808. The molecule has 19 heavy (non-hydrogen) atoms. The Balaban J connectivity index is 2.30. The number of hydrogen-bond acceptors (Lipinski definition) is 2. The van der Waals surface area contributed by atoms with Gasteiger partial charge in [0, 0.05) is 18.5 Å². The van der Waals surface area contributed by atoms with E-state index in [1.165, 1.54) is 5.56 Å². The molecule has 1 amide bonds. The van der Waals surface area contributed by atoms with Gasteiger partial charge in [-0.05, 0) is 12.0 Å². The molecule has 0 radical (unpaired) electrons. The van der Waals surface area contributed by atoms with Gasteiger partial charge in [-0.3, -0.25) is 4.79 Å². The van der Waals surface area contributed by atoms with Crippen LogP contribution in [0.5, 0.6) is 0 Å². The van der Waals surface area contributed by atoms with E-state index in [4.69, 9.17) is 0 Å². The lowest BCUT2D eigenvalue weighted by molar-refractivity contribution is -0.120. The standard InChI is InChI=1S/C16H26N2O/c1-4-5-11-18-15(19)12-17-13-16(2,3)14-9-7-6-8-10-14/h6-10,17H,4-5,11-13H2,1-3H3,(H,18,19). The van der Waals surface area contributed by atoms with Crippen LogP contribution in [0.1, 0.15) is 39.2 Å². The molecule has 106 valence electrons. The molecule has 1 rings (SSSR count). The molecule has 0 aliphatic heterocycles. The van der Waals surface area contributed by atoms with Gasteiger partial charge in [-0.1, -0.05) is 57.5 Å². The molecule has 0 aliphatic rings. The highest BCUT2D eigenvalue weighted by atomic mass is 16.1. The fourth-order valence-electron chi connectivity index (χ4n) is 1.95. The van der Waals surface area contributed by atoms with Gasteiger partial charge in [0.2, 0.25) is 5.91 Å². The third-order valence-corrected chi connectivity index (χ3v) is 3.26. The van der Waals surface area contributed by atoms with Gasteiger partial charge in [-0.25, -0.2) is 0 Å². The van der Waals surface area contributed by atoms with Gasteiger partial charge in [0.1, 0.15) is 0 Å². The summed E-state index contributed by atoms with van der Waals surface area (Å²) in [5.41, 5.74) is 1.32. The molecular weight excluding hydrogens is 236 g/mol. The summed E-state index contributed by atoms with van der Waals surface area (Å²) in [6, 6.07) is 10.4. The number of carbonyl (C=O) groups is 1. The van der Waals surface area contributed by atoms with Crippen molar-refractivity contribution in [1.29, 1.82) is 0 Å². The van der Waals surface area contributed by atoms with Crippen molar-refractivity contribution in [3.05, 3.63) is 35.9 Å². The molecule has 0 heterocycles. The topological polar surface area (TPSA) is 41.1 Å². The third kappa shape index (κ3) is 5.88. The Morgan fingerprint density at radius 1 is 1.21 bits per heavy atom. The Bertz CT molecular complexity index is 374. The number of unbranched alkanes of at least 4 members (excludes halogenated alkanes) is 1. The van der Waals surface area contributed by atoms with E-state index in [1.807, 2.05) is 6.07 Å². The lowest BCUT2D eigenvalue weighted by Crippen LogP contribution is -2.40. The highest BCUT2D eigenvalue weighted by Crippen LogP contribution is 2.21. The van der Waals surface area contributed by atoms with Crippen LogP contribution in [0, 0.1) is 0 Å². The first-order chi connectivity index (χ1) is 9.06. The molecule has 2 N–H and O–H groups in total. The minimum absolute atomic E-state index is 0.0327. The van der Waals surface area contributed by atoms with Crippen molar-refractivity contribution < 1.29 is 4.79 Å². The van der Waals surface area contributed by atoms with Crippen LogP contribution >= 0.6 is 0 Å². The van der Waals surface area contributed by atoms with Crippen molar-refractivity contribution in [2.24, 2.45) is 0 Å². The Hall–Kier alpha value is -1.35. The van der Waals surface area contributed by atoms with Crippen LogP contribution < -0.4 is 10.6 Å². The van der Waals surface area contributed by atoms with Crippen LogP contribution in [0.2, 0.25) is 0 Å². The Morgan fingerprint density at radius 2 is 1.89 bits per heavy atom. The number of nitrogens with one attached hydrogen (secondary N) is 2. The number of carbonyl (C=O) groups excluding carboxylic acids is 1. The van der Waals surface area contributed by atoms with Crippen molar-refractivity contribution in [3.63, 3.8) is 0 Å². The summed E-state index contributed by atoms with van der Waals surface area (Å²) in [6.45, 7) is 8.44. The molecule has 0 saturated heterocycles. The van der Waals surface area contributed by atoms with E-state index in [0.717, 1.165) is 25.9 Å². The van der Waals surface area contributed by atoms with Gasteiger partial charge < -0.3 is 10.6 Å². The van der Waals surface area contributed by atoms with Crippen LogP contribution in [-0.2, 0) is 10.2 Å². The highest BCUT2D eigenvalue weighted by Gasteiger charge is 2.19. The molecule has 1 aromatic carbocycles. The van der Waals surface area contributed by atoms with Crippen LogP contribution in [0.15, 0.2) is 30.3 Å². The van der Waals surface area contributed by atoms with Gasteiger partial charge in [0.15, 0.2) is 0 Å². The van der Waals surface area contributed by atoms with Gasteiger partial charge >= 0.3 is 0 Å². The lowest BCUT2D eigenvalue weighted by atomic mass is 9.85. The number of hydrogen-bond donors (Lipinski definition) is 2. The normalized spacial score (nSPS) is 11.3. The van der Waals surface area contributed by atoms with Gasteiger partial charge in [0.05, 0.1) is 6.54 Å². The molecule has 0 unspecified atom stereocenters. The first kappa shape index (κ1) is 15.7. The molecule has 3 nitrogen and oxygen atoms in total. The average Bonchev–Trinajstić information content (AvgIpc) is 2.40. The second-order valence-corrected chi connectivity index (χ2v) is 5.56. The molecule has 0 spiro atoms. The fraction of sp³-hybridized carbons (Fsp3) is 0.562. The molecule has 0 aromatic heterocycles. The first-order valence-corrected chi connectivity index (χ1v) is 7.09. The van der Waals surface area contributed by atoms with E-state index in [2.05, 4.69) is 55.7 Å². The van der Waals surface area contributed by atoms with E-state index >= 15 is 0 Å². The Labute approximate surface area is 116 Å². The van der Waals surface area contributed by atoms with Crippen molar-refractivity contribution in [2.75, 3.05) is 19.6 Å². The molecule has 0 saturated carbocycles. The van der Waals surface area contributed by atoms with Crippen molar-refractivity contribution in [1.82, 2.24) is 10.6 Å². The molecular formula is C16H26N2O. The zero-order chi connectivity index (χ0) is 14.1. The van der Waals surface area contributed by atoms with Crippen molar-refractivity contribution in [2.45, 2.75) is 39.0 Å². The monoisotopic (exact) mass is 262 g/mol. The number of rotatable bonds is 8. The van der Waals surface area contributed by atoms with Crippen LogP contribution in [0.4, 0.5) is 0 Å². The van der Waals surface area contributed by atoms with E-state index in [0.29, 0.717) is 6.54 Å². The molecule has 3 heteroatoms. The predicted molar refractivity (Wildman–Crippen MR) is 80.3 cm³/mol. The van der Waals surface area contributed by atoms with Crippen LogP contribution in [0.25, 0.3) is 0 Å². The summed E-state index contributed by atoms with van der Waals surface area (Å²) < 4.78 is 0. The summed E-state index contributed by atoms with van der Waals surface area (Å²) in [7, 11) is 0. The maximum Gasteiger partial charge on any atom is 0.233 e. The highest BCUT2D eigenvalue weighted by molar-refractivity contribution is 5.77. The molecule has 0 fully saturated rings. The van der Waals surface area contributed by atoms with Crippen LogP contribution in [-0.4, -0.2) is 25.5 Å². The largest absolute Gasteiger partial charge is 0.355 e. The smallest absolute Gasteiger partial charge is 0.233 e. The number of benzene rings is 1. The van der Waals surface area contributed by atoms with E-state index in [9.17, 15) is 4.79 Å². The molecule has 0 atom stereocenters. The SMILES string of the molecule is CCCCNC(=O)CNCC(C)(C)c1ccccc1. The summed E-state index contributed by atoms with van der Waals surface area (Å²) in [4.78, 5) is 11.6. The fourth-order valence-corrected chi connectivity index (χ4v) is 1.95. The second kappa shape index (κ2) is 7.95. The van der Waals surface area contributed by atoms with Crippen LogP contribution in [0.3, 0.4) is 0 Å². The summed E-state index contributed by atoms with van der Waals surface area (Å²) in [5, 5.41) is 6.15.